The lowest BCUT2D eigenvalue weighted by Crippen LogP contribution is -2.52. The van der Waals surface area contributed by atoms with Gasteiger partial charge in [0.15, 0.2) is 0 Å². The minimum Gasteiger partial charge on any atom is -0.390 e. The van der Waals surface area contributed by atoms with E-state index < -0.39 is 0 Å². The van der Waals surface area contributed by atoms with E-state index in [0.29, 0.717) is 5.92 Å². The van der Waals surface area contributed by atoms with Crippen LogP contribution >= 0.6 is 0 Å². The molecule has 14 heavy (non-hydrogen) atoms. The Hall–Kier alpha value is -0.0400. The summed E-state index contributed by atoms with van der Waals surface area (Å²) in [6.45, 7) is 0. The first kappa shape index (κ1) is 9.21. The van der Waals surface area contributed by atoms with E-state index in [2.05, 4.69) is 0 Å². The number of hydrogen-bond donors (Lipinski definition) is 1. The van der Waals surface area contributed by atoms with Gasteiger partial charge in [-0.2, -0.15) is 0 Å². The Balaban J connectivity index is 1.90. The van der Waals surface area contributed by atoms with Crippen molar-refractivity contribution in [3.05, 3.63) is 0 Å². The van der Waals surface area contributed by atoms with Crippen LogP contribution < -0.4 is 0 Å². The van der Waals surface area contributed by atoms with Crippen LogP contribution in [-0.2, 0) is 0 Å². The highest BCUT2D eigenvalue weighted by Gasteiger charge is 2.50. The second-order valence-corrected chi connectivity index (χ2v) is 5.86. The molecule has 0 aromatic heterocycles. The first-order valence-electron chi connectivity index (χ1n) is 6.52. The summed E-state index contributed by atoms with van der Waals surface area (Å²) < 4.78 is 0. The molecule has 0 heterocycles. The molecule has 0 saturated heterocycles. The van der Waals surface area contributed by atoms with Crippen LogP contribution in [0, 0.1) is 17.8 Å². The number of hydrogen-bond acceptors (Lipinski definition) is 1. The van der Waals surface area contributed by atoms with E-state index in [4.69, 9.17) is 0 Å². The molecule has 0 aromatic carbocycles. The summed E-state index contributed by atoms with van der Waals surface area (Å²) in [7, 11) is 0. The maximum atomic E-state index is 10.7. The molecule has 1 heteroatoms. The highest BCUT2D eigenvalue weighted by Crippen LogP contribution is 2.54. The minimum atomic E-state index is -0.230. The van der Waals surface area contributed by atoms with Gasteiger partial charge >= 0.3 is 0 Å². The molecule has 1 nitrogen and oxygen atoms in total. The third-order valence-electron chi connectivity index (χ3n) is 5.16. The molecule has 0 aromatic rings. The molecule has 0 amide bonds. The van der Waals surface area contributed by atoms with Gasteiger partial charge in [0.05, 0.1) is 5.60 Å². The average Bonchev–Trinajstić information content (AvgIpc) is 2.18. The van der Waals surface area contributed by atoms with Crippen molar-refractivity contribution in [2.45, 2.75) is 63.4 Å². The second kappa shape index (κ2) is 3.23. The summed E-state index contributed by atoms with van der Waals surface area (Å²) in [5.74, 6) is 2.46. The molecule has 80 valence electrons. The van der Waals surface area contributed by atoms with Crippen molar-refractivity contribution in [2.75, 3.05) is 0 Å². The van der Waals surface area contributed by atoms with Crippen molar-refractivity contribution in [1.82, 2.24) is 0 Å². The third kappa shape index (κ3) is 1.25. The Kier molecular flexibility index (Phi) is 2.12. The zero-order valence-corrected chi connectivity index (χ0v) is 9.04. The van der Waals surface area contributed by atoms with Gasteiger partial charge in [0.2, 0.25) is 0 Å². The van der Waals surface area contributed by atoms with Gasteiger partial charge in [-0.1, -0.05) is 32.1 Å². The Labute approximate surface area is 86.9 Å². The summed E-state index contributed by atoms with van der Waals surface area (Å²) in [5, 5.41) is 10.7. The number of rotatable bonds is 0. The summed E-state index contributed by atoms with van der Waals surface area (Å²) in [6.07, 6.45) is 11.8. The Morgan fingerprint density at radius 3 is 1.86 bits per heavy atom. The van der Waals surface area contributed by atoms with Gasteiger partial charge in [0.25, 0.3) is 0 Å². The van der Waals surface area contributed by atoms with E-state index >= 15 is 0 Å². The first-order valence-corrected chi connectivity index (χ1v) is 6.52. The van der Waals surface area contributed by atoms with Crippen LogP contribution in [-0.4, -0.2) is 10.7 Å². The zero-order valence-electron chi connectivity index (χ0n) is 9.04. The Bertz CT molecular complexity index is 201. The molecule has 0 radical (unpaired) electrons. The predicted molar refractivity (Wildman–Crippen MR) is 57.0 cm³/mol. The van der Waals surface area contributed by atoms with E-state index in [1.807, 2.05) is 0 Å². The molecule has 0 spiro atoms. The van der Waals surface area contributed by atoms with Gasteiger partial charge in [-0.05, 0) is 43.4 Å². The highest BCUT2D eigenvalue weighted by atomic mass is 16.3. The van der Waals surface area contributed by atoms with Crippen LogP contribution in [0.25, 0.3) is 0 Å². The molecule has 3 fully saturated rings. The normalized spacial score (nSPS) is 52.5. The summed E-state index contributed by atoms with van der Waals surface area (Å²) in [6, 6.07) is 0. The molecule has 2 atom stereocenters. The largest absolute Gasteiger partial charge is 0.390 e. The van der Waals surface area contributed by atoms with Gasteiger partial charge in [0.1, 0.15) is 0 Å². The number of aliphatic hydroxyl groups is 1. The molecule has 0 bridgehead atoms. The molecule has 3 aliphatic carbocycles. The van der Waals surface area contributed by atoms with E-state index in [9.17, 15) is 5.11 Å². The van der Waals surface area contributed by atoms with Crippen LogP contribution in [0.5, 0.6) is 0 Å². The molecule has 3 rings (SSSR count). The monoisotopic (exact) mass is 194 g/mol. The van der Waals surface area contributed by atoms with Gasteiger partial charge < -0.3 is 5.11 Å². The lowest BCUT2D eigenvalue weighted by molar-refractivity contribution is -0.138. The third-order valence-corrected chi connectivity index (χ3v) is 5.16. The molecule has 0 aliphatic heterocycles. The Morgan fingerprint density at radius 1 is 0.786 bits per heavy atom. The fourth-order valence-electron chi connectivity index (χ4n) is 4.71. The molecular formula is C13H22O. The van der Waals surface area contributed by atoms with E-state index in [-0.39, 0.29) is 5.60 Å². The van der Waals surface area contributed by atoms with Crippen molar-refractivity contribution >= 4 is 0 Å². The summed E-state index contributed by atoms with van der Waals surface area (Å²) in [5.41, 5.74) is -0.230. The van der Waals surface area contributed by atoms with E-state index in [1.165, 1.54) is 44.9 Å². The van der Waals surface area contributed by atoms with Gasteiger partial charge in [-0.3, -0.25) is 0 Å². The quantitative estimate of drug-likeness (QED) is 0.628. The predicted octanol–water partition coefficient (Wildman–Crippen LogP) is 3.12. The van der Waals surface area contributed by atoms with Crippen molar-refractivity contribution in [2.24, 2.45) is 17.8 Å². The van der Waals surface area contributed by atoms with Crippen LogP contribution in [0.2, 0.25) is 0 Å². The fourth-order valence-corrected chi connectivity index (χ4v) is 4.71. The van der Waals surface area contributed by atoms with Crippen LogP contribution in [0.3, 0.4) is 0 Å². The van der Waals surface area contributed by atoms with Crippen molar-refractivity contribution < 1.29 is 5.11 Å². The van der Waals surface area contributed by atoms with E-state index in [0.717, 1.165) is 24.7 Å². The molecule has 1 N–H and O–H groups in total. The lowest BCUT2D eigenvalue weighted by atomic mass is 9.54. The lowest BCUT2D eigenvalue weighted by Gasteiger charge is -2.54. The topological polar surface area (TPSA) is 20.2 Å². The fraction of sp³-hybridized carbons (Fsp3) is 1.00. The smallest absolute Gasteiger partial charge is 0.0681 e. The molecule has 2 unspecified atom stereocenters. The van der Waals surface area contributed by atoms with Crippen molar-refractivity contribution in [3.63, 3.8) is 0 Å². The van der Waals surface area contributed by atoms with Crippen molar-refractivity contribution in [1.29, 1.82) is 0 Å². The van der Waals surface area contributed by atoms with Gasteiger partial charge in [-0.15, -0.1) is 0 Å². The first-order chi connectivity index (χ1) is 6.80. The van der Waals surface area contributed by atoms with Gasteiger partial charge in [-0.25, -0.2) is 0 Å². The van der Waals surface area contributed by atoms with Crippen LogP contribution in [0.4, 0.5) is 0 Å². The van der Waals surface area contributed by atoms with Crippen LogP contribution in [0.15, 0.2) is 0 Å². The molecular weight excluding hydrogens is 172 g/mol. The second-order valence-electron chi connectivity index (χ2n) is 5.86. The van der Waals surface area contributed by atoms with Crippen LogP contribution in [0.1, 0.15) is 57.8 Å². The highest BCUT2D eigenvalue weighted by molar-refractivity contribution is 5.01. The Morgan fingerprint density at radius 2 is 1.29 bits per heavy atom. The minimum absolute atomic E-state index is 0.230. The summed E-state index contributed by atoms with van der Waals surface area (Å²) >= 11 is 0. The molecule has 3 aliphatic rings. The standard InChI is InChI=1S/C13H22O/c14-13-8-2-6-10-4-1-5-11(12(10)13)7-3-9-13/h10-12,14H,1-9H2. The maximum absolute atomic E-state index is 10.7. The molecule has 3 saturated carbocycles. The van der Waals surface area contributed by atoms with Gasteiger partial charge in [0, 0.05) is 0 Å². The SMILES string of the molecule is OC12CCCC3CCCC(CCC1)C32. The maximum Gasteiger partial charge on any atom is 0.0681 e. The summed E-state index contributed by atoms with van der Waals surface area (Å²) in [4.78, 5) is 0. The van der Waals surface area contributed by atoms with E-state index in [1.54, 1.807) is 0 Å². The average molecular weight is 194 g/mol. The van der Waals surface area contributed by atoms with Crippen molar-refractivity contribution in [3.8, 4) is 0 Å². The zero-order chi connectivity index (χ0) is 9.60.